The Morgan fingerprint density at radius 3 is 1.67 bits per heavy atom. The van der Waals surface area contributed by atoms with E-state index in [1.807, 2.05) is 0 Å². The molecule has 2 heteroatoms. The summed E-state index contributed by atoms with van der Waals surface area (Å²) < 4.78 is 9.36. The highest BCUT2D eigenvalue weighted by Gasteiger charge is 2.52. The van der Waals surface area contributed by atoms with E-state index in [0.717, 1.165) is 38.7 Å². The van der Waals surface area contributed by atoms with Crippen LogP contribution in [0.1, 0.15) is 47.2 Å². The molecule has 3 aliphatic rings. The van der Waals surface area contributed by atoms with Crippen LogP contribution in [0.5, 0.6) is 0 Å². The van der Waals surface area contributed by atoms with E-state index in [2.05, 4.69) is 231 Å². The smallest absolute Gasteiger partial charge is 0.159 e. The molecule has 0 saturated heterocycles. The lowest BCUT2D eigenvalue weighted by atomic mass is 9.70. The van der Waals surface area contributed by atoms with Crippen molar-refractivity contribution >= 4 is 43.7 Å². The van der Waals surface area contributed by atoms with Crippen LogP contribution < -0.4 is 0 Å². The molecule has 2 aromatic heterocycles. The Labute approximate surface area is 382 Å². The van der Waals surface area contributed by atoms with Crippen molar-refractivity contribution in [3.63, 3.8) is 0 Å². The van der Waals surface area contributed by atoms with E-state index in [9.17, 15) is 0 Å². The number of furan rings is 1. The Hall–Kier alpha value is -8.20. The van der Waals surface area contributed by atoms with Crippen molar-refractivity contribution < 1.29 is 4.42 Å². The second-order valence-electron chi connectivity index (χ2n) is 19.1. The summed E-state index contributed by atoms with van der Waals surface area (Å²) in [5, 5.41) is 4.67. The molecule has 3 aliphatic carbocycles. The Kier molecular flexibility index (Phi) is 6.98. The van der Waals surface area contributed by atoms with Crippen molar-refractivity contribution in [2.24, 2.45) is 0 Å². The Morgan fingerprint density at radius 2 is 0.879 bits per heavy atom. The number of aromatic nitrogens is 1. The van der Waals surface area contributed by atoms with Crippen molar-refractivity contribution in [3.05, 3.63) is 246 Å². The lowest BCUT2D eigenvalue weighted by Gasteiger charge is -2.30. The molecule has 0 N–H and O–H groups in total. The molecule has 0 unspecified atom stereocenters. The highest BCUT2D eigenvalue weighted by molar-refractivity contribution is 6.14. The van der Waals surface area contributed by atoms with Gasteiger partial charge in [0.25, 0.3) is 0 Å². The third-order valence-corrected chi connectivity index (χ3v) is 15.6. The molecular formula is C64H41NO. The maximum atomic E-state index is 6.96. The van der Waals surface area contributed by atoms with Gasteiger partial charge in [-0.1, -0.05) is 184 Å². The second-order valence-corrected chi connectivity index (χ2v) is 19.1. The maximum absolute atomic E-state index is 6.96. The summed E-state index contributed by atoms with van der Waals surface area (Å²) in [5.41, 5.74) is 25.7. The highest BCUT2D eigenvalue weighted by atomic mass is 16.3. The molecule has 10 aromatic carbocycles. The molecule has 12 aromatic rings. The van der Waals surface area contributed by atoms with Gasteiger partial charge in [0.15, 0.2) is 5.58 Å². The van der Waals surface area contributed by atoms with E-state index in [0.29, 0.717) is 0 Å². The largest absolute Gasteiger partial charge is 0.454 e. The van der Waals surface area contributed by atoms with E-state index < -0.39 is 0 Å². The summed E-state index contributed by atoms with van der Waals surface area (Å²) >= 11 is 0. The molecule has 66 heavy (non-hydrogen) atoms. The molecule has 308 valence electrons. The molecular weight excluding hydrogens is 799 g/mol. The van der Waals surface area contributed by atoms with Crippen LogP contribution in [0.2, 0.25) is 0 Å². The molecule has 0 saturated carbocycles. The third kappa shape index (κ3) is 4.46. The van der Waals surface area contributed by atoms with Crippen LogP contribution in [0.25, 0.3) is 105 Å². The van der Waals surface area contributed by atoms with Gasteiger partial charge in [-0.15, -0.1) is 0 Å². The quantitative estimate of drug-likeness (QED) is 0.173. The van der Waals surface area contributed by atoms with E-state index in [-0.39, 0.29) is 10.8 Å². The van der Waals surface area contributed by atoms with Crippen LogP contribution in [0, 0.1) is 0 Å². The fourth-order valence-corrected chi connectivity index (χ4v) is 12.8. The van der Waals surface area contributed by atoms with Gasteiger partial charge in [-0.25, -0.2) is 0 Å². The lowest BCUT2D eigenvalue weighted by molar-refractivity contribution is 0.660. The summed E-state index contributed by atoms with van der Waals surface area (Å²) in [6.45, 7) is 4.71. The number of nitrogens with zero attached hydrogens (tertiary/aromatic N) is 1. The topological polar surface area (TPSA) is 18.1 Å². The zero-order valence-corrected chi connectivity index (χ0v) is 36.6. The predicted molar refractivity (Wildman–Crippen MR) is 273 cm³/mol. The van der Waals surface area contributed by atoms with Gasteiger partial charge in [0, 0.05) is 27.0 Å². The van der Waals surface area contributed by atoms with E-state index in [1.54, 1.807) is 0 Å². The van der Waals surface area contributed by atoms with Crippen molar-refractivity contribution in [3.8, 4) is 61.3 Å². The minimum Gasteiger partial charge on any atom is -0.454 e. The average Bonchev–Trinajstić information content (AvgIpc) is 4.14. The van der Waals surface area contributed by atoms with Gasteiger partial charge in [-0.3, -0.25) is 0 Å². The highest BCUT2D eigenvalue weighted by Crippen LogP contribution is 2.64. The van der Waals surface area contributed by atoms with Crippen LogP contribution in [0.4, 0.5) is 0 Å². The van der Waals surface area contributed by atoms with Crippen LogP contribution in [0.15, 0.2) is 217 Å². The molecule has 1 spiro atoms. The van der Waals surface area contributed by atoms with Gasteiger partial charge in [0.2, 0.25) is 0 Å². The van der Waals surface area contributed by atoms with Crippen LogP contribution in [-0.4, -0.2) is 4.57 Å². The van der Waals surface area contributed by atoms with Crippen LogP contribution >= 0.6 is 0 Å². The minimum absolute atomic E-state index is 0.0567. The molecule has 2 nitrogen and oxygen atoms in total. The van der Waals surface area contributed by atoms with Crippen molar-refractivity contribution in [2.75, 3.05) is 0 Å². The lowest BCUT2D eigenvalue weighted by Crippen LogP contribution is -2.25. The average molecular weight is 840 g/mol. The summed E-state index contributed by atoms with van der Waals surface area (Å²) in [6.07, 6.45) is 0. The summed E-state index contributed by atoms with van der Waals surface area (Å²) in [5.74, 6) is 0. The Balaban J connectivity index is 0.887. The van der Waals surface area contributed by atoms with Crippen molar-refractivity contribution in [1.29, 1.82) is 0 Å². The number of rotatable bonds is 3. The summed E-state index contributed by atoms with van der Waals surface area (Å²) in [7, 11) is 0. The predicted octanol–water partition coefficient (Wildman–Crippen LogP) is 16.7. The molecule has 15 rings (SSSR count). The van der Waals surface area contributed by atoms with E-state index in [4.69, 9.17) is 4.42 Å². The van der Waals surface area contributed by atoms with Crippen LogP contribution in [0.3, 0.4) is 0 Å². The van der Waals surface area contributed by atoms with Gasteiger partial charge in [0.05, 0.1) is 22.1 Å². The molecule has 0 aliphatic heterocycles. The van der Waals surface area contributed by atoms with Gasteiger partial charge >= 0.3 is 0 Å². The standard InChI is InChI=1S/C64H41NO/c1-63(2)51-22-8-3-15-42(51)45-32-29-39(37-56(45)63)38-30-33-58-49(35-38)46-18-7-12-27-57(46)65(58)59-28-14-21-47-50-36-40(31-34-60(50)66-62(47)59)41-20-13-26-55-61(41)48-19-6-11-25-54(48)64(55)52-23-9-4-16-43(52)44-17-5-10-24-53(44)64/h3-37H,1-2H3. The van der Waals surface area contributed by atoms with Gasteiger partial charge in [-0.05, 0) is 131 Å². The van der Waals surface area contributed by atoms with Gasteiger partial charge in [-0.2, -0.15) is 0 Å². The van der Waals surface area contributed by atoms with Crippen LogP contribution in [-0.2, 0) is 10.8 Å². The van der Waals surface area contributed by atoms with E-state index >= 15 is 0 Å². The zero-order chi connectivity index (χ0) is 43.5. The number of benzene rings is 10. The SMILES string of the molecule is CC1(C)c2ccccc2-c2ccc(-c3ccc4c(c3)c3ccccc3n4-c3cccc4c3oc3ccc(-c5cccc6c5-c5ccccc5C65c6ccccc6-c6ccccc65)cc34)cc21. The molecule has 0 fully saturated rings. The molecule has 0 amide bonds. The molecule has 2 heterocycles. The first-order valence-corrected chi connectivity index (χ1v) is 23.2. The van der Waals surface area contributed by atoms with Crippen molar-refractivity contribution in [1.82, 2.24) is 4.57 Å². The van der Waals surface area contributed by atoms with E-state index in [1.165, 1.54) is 99.8 Å². The molecule has 0 atom stereocenters. The molecule has 0 radical (unpaired) electrons. The molecule has 0 bridgehead atoms. The van der Waals surface area contributed by atoms with Crippen molar-refractivity contribution in [2.45, 2.75) is 24.7 Å². The monoisotopic (exact) mass is 839 g/mol. The zero-order valence-electron chi connectivity index (χ0n) is 36.6. The fraction of sp³-hybridized carbons (Fsp3) is 0.0625. The number of para-hydroxylation sites is 2. The normalized spacial score (nSPS) is 14.5. The Morgan fingerprint density at radius 1 is 0.348 bits per heavy atom. The number of hydrogen-bond acceptors (Lipinski definition) is 1. The second kappa shape index (κ2) is 12.7. The first-order valence-electron chi connectivity index (χ1n) is 23.2. The van der Waals surface area contributed by atoms with Gasteiger partial charge < -0.3 is 8.98 Å². The Bertz CT molecular complexity index is 4050. The maximum Gasteiger partial charge on any atom is 0.159 e. The number of fused-ring (bicyclic) bond motifs is 19. The third-order valence-electron chi connectivity index (χ3n) is 15.6. The first-order chi connectivity index (χ1) is 32.5. The van der Waals surface area contributed by atoms with Gasteiger partial charge in [0.1, 0.15) is 5.58 Å². The summed E-state index contributed by atoms with van der Waals surface area (Å²) in [4.78, 5) is 0. The minimum atomic E-state index is -0.385. The fourth-order valence-electron chi connectivity index (χ4n) is 12.8. The first kappa shape index (κ1) is 36.2. The summed E-state index contributed by atoms with van der Waals surface area (Å²) in [6, 6.07) is 79.2. The number of hydrogen-bond donors (Lipinski definition) is 0.